The molecule has 20 heavy (non-hydrogen) atoms. The molecule has 3 N–H and O–H groups in total. The third-order valence-corrected chi connectivity index (χ3v) is 4.55. The highest BCUT2D eigenvalue weighted by atomic mass is 32.2. The Labute approximate surface area is 125 Å². The number of nitrogens with two attached hydrogens (primary N) is 1. The van der Waals surface area contributed by atoms with Gasteiger partial charge in [-0.05, 0) is 44.0 Å². The van der Waals surface area contributed by atoms with Crippen LogP contribution in [0.1, 0.15) is 28.3 Å². The summed E-state index contributed by atoms with van der Waals surface area (Å²) >= 11 is 1.83. The number of hydrogen-bond acceptors (Lipinski definition) is 3. The number of aryl methyl sites for hydroxylation is 3. The van der Waals surface area contributed by atoms with Crippen LogP contribution in [0.15, 0.2) is 47.4 Å². The number of thioether (sulfide) groups is 1. The van der Waals surface area contributed by atoms with Gasteiger partial charge in [0.05, 0.1) is 6.04 Å². The van der Waals surface area contributed by atoms with Crippen LogP contribution in [0, 0.1) is 20.8 Å². The molecule has 0 aromatic heterocycles. The molecule has 106 valence electrons. The summed E-state index contributed by atoms with van der Waals surface area (Å²) in [6, 6.07) is 15.3. The summed E-state index contributed by atoms with van der Waals surface area (Å²) in [4.78, 5) is 1.28. The van der Waals surface area contributed by atoms with Crippen LogP contribution in [0.25, 0.3) is 0 Å². The van der Waals surface area contributed by atoms with Crippen molar-refractivity contribution < 1.29 is 0 Å². The first-order valence-corrected chi connectivity index (χ1v) is 7.81. The fourth-order valence-electron chi connectivity index (χ4n) is 2.18. The molecular weight excluding hydrogens is 264 g/mol. The standard InChI is InChI=1S/C17H22N2S/c1-12-5-8-15(9-6-12)20-11-17(19-18)16-10-13(2)4-7-14(16)3/h4-10,17,19H,11,18H2,1-3H3. The van der Waals surface area contributed by atoms with Gasteiger partial charge in [0.1, 0.15) is 0 Å². The van der Waals surface area contributed by atoms with Gasteiger partial charge in [0.25, 0.3) is 0 Å². The Hall–Kier alpha value is -1.29. The summed E-state index contributed by atoms with van der Waals surface area (Å²) in [5.74, 6) is 6.67. The minimum atomic E-state index is 0.168. The third kappa shape index (κ3) is 3.85. The maximum absolute atomic E-state index is 5.75. The minimum Gasteiger partial charge on any atom is -0.271 e. The third-order valence-electron chi connectivity index (χ3n) is 3.45. The quantitative estimate of drug-likeness (QED) is 0.497. The van der Waals surface area contributed by atoms with Gasteiger partial charge in [-0.25, -0.2) is 0 Å². The van der Waals surface area contributed by atoms with Gasteiger partial charge in [-0.3, -0.25) is 11.3 Å². The zero-order valence-electron chi connectivity index (χ0n) is 12.3. The highest BCUT2D eigenvalue weighted by Crippen LogP contribution is 2.26. The number of nitrogens with one attached hydrogen (secondary N) is 1. The molecule has 2 rings (SSSR count). The van der Waals surface area contributed by atoms with Gasteiger partial charge in [0, 0.05) is 10.6 Å². The molecule has 0 aliphatic carbocycles. The molecule has 3 heteroatoms. The summed E-state index contributed by atoms with van der Waals surface area (Å²) in [6.45, 7) is 6.36. The van der Waals surface area contributed by atoms with E-state index in [0.717, 1.165) is 5.75 Å². The van der Waals surface area contributed by atoms with E-state index in [9.17, 15) is 0 Å². The Bertz CT molecular complexity index is 564. The van der Waals surface area contributed by atoms with E-state index >= 15 is 0 Å². The normalized spacial score (nSPS) is 12.4. The molecule has 0 heterocycles. The van der Waals surface area contributed by atoms with Crippen LogP contribution in [0.2, 0.25) is 0 Å². The minimum absolute atomic E-state index is 0.168. The number of hydrogen-bond donors (Lipinski definition) is 2. The molecule has 2 nitrogen and oxygen atoms in total. The van der Waals surface area contributed by atoms with Crippen molar-refractivity contribution >= 4 is 11.8 Å². The Kier molecular flexibility index (Phi) is 5.24. The fraction of sp³-hybridized carbons (Fsp3) is 0.294. The van der Waals surface area contributed by atoms with E-state index < -0.39 is 0 Å². The molecule has 0 radical (unpaired) electrons. The molecule has 1 unspecified atom stereocenters. The van der Waals surface area contributed by atoms with E-state index in [1.807, 2.05) is 11.8 Å². The molecule has 0 aliphatic heterocycles. The average Bonchev–Trinajstić information content (AvgIpc) is 2.45. The lowest BCUT2D eigenvalue weighted by Crippen LogP contribution is -2.30. The van der Waals surface area contributed by atoms with Crippen molar-refractivity contribution in [3.63, 3.8) is 0 Å². The first-order chi connectivity index (χ1) is 9.60. The molecule has 2 aromatic rings. The van der Waals surface area contributed by atoms with Gasteiger partial charge in [-0.15, -0.1) is 11.8 Å². The summed E-state index contributed by atoms with van der Waals surface area (Å²) < 4.78 is 0. The van der Waals surface area contributed by atoms with Crippen LogP contribution in [0.5, 0.6) is 0 Å². The summed E-state index contributed by atoms with van der Waals surface area (Å²) in [6.07, 6.45) is 0. The zero-order chi connectivity index (χ0) is 14.5. The summed E-state index contributed by atoms with van der Waals surface area (Å²) in [5, 5.41) is 0. The second-order valence-electron chi connectivity index (χ2n) is 5.20. The second kappa shape index (κ2) is 6.93. The lowest BCUT2D eigenvalue weighted by Gasteiger charge is -2.19. The van der Waals surface area contributed by atoms with Crippen molar-refractivity contribution in [1.82, 2.24) is 5.43 Å². The fourth-order valence-corrected chi connectivity index (χ4v) is 3.14. The number of hydrazine groups is 1. The topological polar surface area (TPSA) is 38.0 Å². The van der Waals surface area contributed by atoms with Gasteiger partial charge in [0.2, 0.25) is 0 Å². The van der Waals surface area contributed by atoms with Crippen LogP contribution in [0.4, 0.5) is 0 Å². The SMILES string of the molecule is Cc1ccc(SCC(NN)c2cc(C)ccc2C)cc1. The van der Waals surface area contributed by atoms with E-state index in [1.54, 1.807) is 0 Å². The lowest BCUT2D eigenvalue weighted by molar-refractivity contribution is 0.607. The van der Waals surface area contributed by atoms with Crippen molar-refractivity contribution in [3.8, 4) is 0 Å². The van der Waals surface area contributed by atoms with Crippen LogP contribution >= 0.6 is 11.8 Å². The Morgan fingerprint density at radius 3 is 2.30 bits per heavy atom. The zero-order valence-corrected chi connectivity index (χ0v) is 13.1. The van der Waals surface area contributed by atoms with Crippen LogP contribution < -0.4 is 11.3 Å². The molecule has 2 aromatic carbocycles. The van der Waals surface area contributed by atoms with Gasteiger partial charge in [0.15, 0.2) is 0 Å². The van der Waals surface area contributed by atoms with Crippen molar-refractivity contribution in [1.29, 1.82) is 0 Å². The highest BCUT2D eigenvalue weighted by molar-refractivity contribution is 7.99. The van der Waals surface area contributed by atoms with Gasteiger partial charge in [-0.1, -0.05) is 41.5 Å². The van der Waals surface area contributed by atoms with Gasteiger partial charge >= 0.3 is 0 Å². The summed E-state index contributed by atoms with van der Waals surface area (Å²) in [5.41, 5.74) is 8.07. The highest BCUT2D eigenvalue weighted by Gasteiger charge is 2.12. The molecule has 0 saturated heterocycles. The Balaban J connectivity index is 2.09. The molecule has 0 bridgehead atoms. The monoisotopic (exact) mass is 286 g/mol. The molecule has 0 saturated carbocycles. The van der Waals surface area contributed by atoms with E-state index in [2.05, 4.69) is 68.7 Å². The van der Waals surface area contributed by atoms with E-state index in [0.29, 0.717) is 0 Å². The number of benzene rings is 2. The lowest BCUT2D eigenvalue weighted by atomic mass is 10.0. The Morgan fingerprint density at radius 2 is 1.65 bits per heavy atom. The molecule has 0 aliphatic rings. The molecule has 0 fully saturated rings. The molecule has 0 amide bonds. The predicted molar refractivity (Wildman–Crippen MR) is 87.9 cm³/mol. The first-order valence-electron chi connectivity index (χ1n) is 6.83. The number of rotatable bonds is 5. The van der Waals surface area contributed by atoms with Gasteiger partial charge in [-0.2, -0.15) is 0 Å². The van der Waals surface area contributed by atoms with Crippen molar-refractivity contribution in [3.05, 3.63) is 64.7 Å². The molecule has 0 spiro atoms. The Morgan fingerprint density at radius 1 is 1.00 bits per heavy atom. The van der Waals surface area contributed by atoms with Gasteiger partial charge < -0.3 is 0 Å². The van der Waals surface area contributed by atoms with Crippen LogP contribution in [-0.2, 0) is 0 Å². The van der Waals surface area contributed by atoms with Crippen molar-refractivity contribution in [2.24, 2.45) is 5.84 Å². The molecule has 1 atom stereocenters. The first kappa shape index (κ1) is 15.1. The average molecular weight is 286 g/mol. The van der Waals surface area contributed by atoms with E-state index in [4.69, 9.17) is 5.84 Å². The largest absolute Gasteiger partial charge is 0.271 e. The van der Waals surface area contributed by atoms with Crippen LogP contribution in [-0.4, -0.2) is 5.75 Å². The maximum Gasteiger partial charge on any atom is 0.0556 e. The second-order valence-corrected chi connectivity index (χ2v) is 6.30. The van der Waals surface area contributed by atoms with E-state index in [1.165, 1.54) is 27.1 Å². The van der Waals surface area contributed by atoms with Crippen LogP contribution in [0.3, 0.4) is 0 Å². The summed E-state index contributed by atoms with van der Waals surface area (Å²) in [7, 11) is 0. The van der Waals surface area contributed by atoms with Crippen molar-refractivity contribution in [2.45, 2.75) is 31.7 Å². The van der Waals surface area contributed by atoms with Crippen molar-refractivity contribution in [2.75, 3.05) is 5.75 Å². The smallest absolute Gasteiger partial charge is 0.0556 e. The molecular formula is C17H22N2S. The predicted octanol–water partition coefficient (Wildman–Crippen LogP) is 3.91. The van der Waals surface area contributed by atoms with E-state index in [-0.39, 0.29) is 6.04 Å². The maximum atomic E-state index is 5.75.